The molecule has 1 fully saturated rings. The van der Waals surface area contributed by atoms with Crippen LogP contribution in [0.15, 0.2) is 36.5 Å². The first-order valence-electron chi connectivity index (χ1n) is 7.52. The van der Waals surface area contributed by atoms with Gasteiger partial charge in [0.05, 0.1) is 0 Å². The van der Waals surface area contributed by atoms with Gasteiger partial charge in [-0.1, -0.05) is 24.3 Å². The molecule has 3 rings (SSSR count). The van der Waals surface area contributed by atoms with Crippen LogP contribution in [-0.4, -0.2) is 34.3 Å². The number of hydrogen-bond acceptors (Lipinski definition) is 2. The monoisotopic (exact) mass is 302 g/mol. The quantitative estimate of drug-likeness (QED) is 0.807. The van der Waals surface area contributed by atoms with Gasteiger partial charge in [-0.05, 0) is 37.1 Å². The molecule has 1 saturated heterocycles. The zero-order valence-corrected chi connectivity index (χ0v) is 12.7. The molecule has 1 aliphatic rings. The maximum absolute atomic E-state index is 12.9. The summed E-state index contributed by atoms with van der Waals surface area (Å²) in [5.41, 5.74) is 0.564. The number of fused-ring (bicyclic) bond motifs is 1. The molecule has 21 heavy (non-hydrogen) atoms. The minimum Gasteiger partial charge on any atom is -0.334 e. The highest BCUT2D eigenvalue weighted by Gasteiger charge is 2.28. The summed E-state index contributed by atoms with van der Waals surface area (Å²) in [6, 6.07) is 10.1. The molecule has 0 spiro atoms. The fourth-order valence-corrected chi connectivity index (χ4v) is 3.37. The minimum absolute atomic E-state index is 0.0432. The molecule has 0 aliphatic carbocycles. The van der Waals surface area contributed by atoms with Crippen molar-refractivity contribution in [3.05, 3.63) is 42.2 Å². The highest BCUT2D eigenvalue weighted by Crippen LogP contribution is 2.24. The normalized spacial score (nSPS) is 18.9. The number of carbonyl (C=O) groups excluding carboxylic acids is 1. The maximum atomic E-state index is 12.9. The van der Waals surface area contributed by atoms with Gasteiger partial charge in [-0.3, -0.25) is 9.78 Å². The van der Waals surface area contributed by atoms with Crippen LogP contribution in [0.1, 0.15) is 36.2 Å². The summed E-state index contributed by atoms with van der Waals surface area (Å²) in [4.78, 5) is 19.2. The third-order valence-electron chi connectivity index (χ3n) is 4.21. The topological polar surface area (TPSA) is 33.2 Å². The van der Waals surface area contributed by atoms with Crippen molar-refractivity contribution in [2.24, 2.45) is 0 Å². The second-order valence-corrected chi connectivity index (χ2v) is 5.88. The van der Waals surface area contributed by atoms with Crippen molar-refractivity contribution >= 4 is 28.3 Å². The molecule has 1 aromatic heterocycles. The number of hydrogen-bond donors (Lipinski definition) is 0. The number of carbonyl (C=O) groups is 1. The van der Waals surface area contributed by atoms with Gasteiger partial charge < -0.3 is 4.90 Å². The molecule has 4 heteroatoms. The van der Waals surface area contributed by atoms with Gasteiger partial charge >= 0.3 is 0 Å². The summed E-state index contributed by atoms with van der Waals surface area (Å²) in [5.74, 6) is 0.638. The molecule has 0 saturated carbocycles. The van der Waals surface area contributed by atoms with E-state index in [1.54, 1.807) is 6.20 Å². The van der Waals surface area contributed by atoms with Crippen molar-refractivity contribution in [3.63, 3.8) is 0 Å². The van der Waals surface area contributed by atoms with E-state index in [-0.39, 0.29) is 11.9 Å². The van der Waals surface area contributed by atoms with Gasteiger partial charge in [0, 0.05) is 30.0 Å². The van der Waals surface area contributed by atoms with Crippen LogP contribution < -0.4 is 0 Å². The van der Waals surface area contributed by atoms with E-state index in [4.69, 9.17) is 11.6 Å². The van der Waals surface area contributed by atoms with Crippen molar-refractivity contribution in [1.82, 2.24) is 9.88 Å². The summed E-state index contributed by atoms with van der Waals surface area (Å²) in [6.45, 7) is 0.811. The molecule has 0 radical (unpaired) electrons. The molecule has 0 N–H and O–H groups in total. The first-order valence-corrected chi connectivity index (χ1v) is 8.05. The standard InChI is InChI=1S/C17H19ClN2O/c18-10-8-14-6-3-4-12-20(14)17(21)16-15-7-2-1-5-13(15)9-11-19-16/h1-2,5,7,9,11,14H,3-4,6,8,10,12H2. The maximum Gasteiger partial charge on any atom is 0.273 e. The molecule has 110 valence electrons. The van der Waals surface area contributed by atoms with Crippen molar-refractivity contribution in [2.45, 2.75) is 31.7 Å². The number of aromatic nitrogens is 1. The fourth-order valence-electron chi connectivity index (χ4n) is 3.12. The van der Waals surface area contributed by atoms with E-state index in [1.807, 2.05) is 35.2 Å². The Bertz CT molecular complexity index is 636. The highest BCUT2D eigenvalue weighted by molar-refractivity contribution is 6.17. The molecule has 0 bridgehead atoms. The van der Waals surface area contributed by atoms with E-state index >= 15 is 0 Å². The molecule has 1 atom stereocenters. The molecule has 1 amide bonds. The Morgan fingerprint density at radius 1 is 1.29 bits per heavy atom. The summed E-state index contributed by atoms with van der Waals surface area (Å²) in [7, 11) is 0. The number of rotatable bonds is 3. The number of halogens is 1. The van der Waals surface area contributed by atoms with Crippen LogP contribution in [-0.2, 0) is 0 Å². The average Bonchev–Trinajstić information content (AvgIpc) is 2.54. The lowest BCUT2D eigenvalue weighted by Gasteiger charge is -2.35. The van der Waals surface area contributed by atoms with Crippen LogP contribution in [0.25, 0.3) is 10.8 Å². The lowest BCUT2D eigenvalue weighted by atomic mass is 9.99. The van der Waals surface area contributed by atoms with Gasteiger partial charge in [0.15, 0.2) is 0 Å². The Balaban J connectivity index is 1.95. The molecular weight excluding hydrogens is 284 g/mol. The Morgan fingerprint density at radius 3 is 3.00 bits per heavy atom. The third-order valence-corrected chi connectivity index (χ3v) is 4.42. The van der Waals surface area contributed by atoms with E-state index in [0.717, 1.165) is 36.6 Å². The zero-order chi connectivity index (χ0) is 14.7. The summed E-state index contributed by atoms with van der Waals surface area (Å²) in [5, 5.41) is 1.99. The second-order valence-electron chi connectivity index (χ2n) is 5.51. The van der Waals surface area contributed by atoms with Crippen LogP contribution in [0.5, 0.6) is 0 Å². The van der Waals surface area contributed by atoms with Gasteiger partial charge in [-0.25, -0.2) is 0 Å². The lowest BCUT2D eigenvalue weighted by molar-refractivity contribution is 0.0605. The van der Waals surface area contributed by atoms with Gasteiger partial charge in [0.25, 0.3) is 5.91 Å². The number of likely N-dealkylation sites (tertiary alicyclic amines) is 1. The summed E-state index contributed by atoms with van der Waals surface area (Å²) < 4.78 is 0. The minimum atomic E-state index is 0.0432. The fraction of sp³-hybridized carbons (Fsp3) is 0.412. The third kappa shape index (κ3) is 2.88. The van der Waals surface area contributed by atoms with Crippen molar-refractivity contribution in [1.29, 1.82) is 0 Å². The van der Waals surface area contributed by atoms with Crippen molar-refractivity contribution in [2.75, 3.05) is 12.4 Å². The average molecular weight is 303 g/mol. The Kier molecular flexibility index (Phi) is 4.39. The second kappa shape index (κ2) is 6.44. The van der Waals surface area contributed by atoms with E-state index < -0.39 is 0 Å². The number of alkyl halides is 1. The largest absolute Gasteiger partial charge is 0.334 e. The van der Waals surface area contributed by atoms with Crippen LogP contribution >= 0.6 is 11.6 Å². The highest BCUT2D eigenvalue weighted by atomic mass is 35.5. The molecule has 1 aromatic carbocycles. The molecule has 2 heterocycles. The van der Waals surface area contributed by atoms with Crippen LogP contribution in [0.3, 0.4) is 0 Å². The number of piperidine rings is 1. The van der Waals surface area contributed by atoms with E-state index in [9.17, 15) is 4.79 Å². The molecule has 1 aliphatic heterocycles. The number of benzene rings is 1. The predicted octanol–water partition coefficient (Wildman–Crippen LogP) is 3.86. The first kappa shape index (κ1) is 14.3. The van der Waals surface area contributed by atoms with Crippen molar-refractivity contribution < 1.29 is 4.79 Å². The van der Waals surface area contributed by atoms with Crippen LogP contribution in [0, 0.1) is 0 Å². The zero-order valence-electron chi connectivity index (χ0n) is 12.0. The lowest BCUT2D eigenvalue weighted by Crippen LogP contribution is -2.44. The predicted molar refractivity (Wildman–Crippen MR) is 85.8 cm³/mol. The number of nitrogens with zero attached hydrogens (tertiary/aromatic N) is 2. The molecule has 1 unspecified atom stereocenters. The number of pyridine rings is 1. The SMILES string of the molecule is O=C(c1nccc2ccccc12)N1CCCCC1CCCl. The Morgan fingerprint density at radius 2 is 2.14 bits per heavy atom. The smallest absolute Gasteiger partial charge is 0.273 e. The summed E-state index contributed by atoms with van der Waals surface area (Å²) in [6.07, 6.45) is 5.86. The van der Waals surface area contributed by atoms with E-state index in [0.29, 0.717) is 11.6 Å². The summed E-state index contributed by atoms with van der Waals surface area (Å²) >= 11 is 5.89. The Labute approximate surface area is 129 Å². The van der Waals surface area contributed by atoms with Crippen molar-refractivity contribution in [3.8, 4) is 0 Å². The van der Waals surface area contributed by atoms with Crippen LogP contribution in [0.4, 0.5) is 0 Å². The van der Waals surface area contributed by atoms with Gasteiger partial charge in [0.1, 0.15) is 5.69 Å². The van der Waals surface area contributed by atoms with E-state index in [2.05, 4.69) is 4.98 Å². The van der Waals surface area contributed by atoms with Gasteiger partial charge in [-0.15, -0.1) is 11.6 Å². The molecular formula is C17H19ClN2O. The molecule has 2 aromatic rings. The van der Waals surface area contributed by atoms with Gasteiger partial charge in [0.2, 0.25) is 0 Å². The van der Waals surface area contributed by atoms with Crippen LogP contribution in [0.2, 0.25) is 0 Å². The Hall–Kier alpha value is -1.61. The number of amides is 1. The van der Waals surface area contributed by atoms with Gasteiger partial charge in [-0.2, -0.15) is 0 Å². The molecule has 3 nitrogen and oxygen atoms in total. The first-order chi connectivity index (χ1) is 10.3. The van der Waals surface area contributed by atoms with E-state index in [1.165, 1.54) is 6.42 Å².